The molecule has 1 aromatic carbocycles. The summed E-state index contributed by atoms with van der Waals surface area (Å²) < 4.78 is 5.40. The second kappa shape index (κ2) is 5.60. The average Bonchev–Trinajstić information content (AvgIpc) is 2.67. The molecule has 1 N–H and O–H groups in total. The van der Waals surface area contributed by atoms with Gasteiger partial charge in [0.05, 0.1) is 7.11 Å². The summed E-state index contributed by atoms with van der Waals surface area (Å²) in [4.78, 5) is 24.5. The molecule has 1 aliphatic rings. The predicted octanol–water partition coefficient (Wildman–Crippen LogP) is 2.65. The lowest BCUT2D eigenvalue weighted by atomic mass is 9.96. The van der Waals surface area contributed by atoms with Gasteiger partial charge in [0.15, 0.2) is 0 Å². The first-order chi connectivity index (χ1) is 9.85. The number of carbonyl (C=O) groups is 2. The first-order valence-corrected chi connectivity index (χ1v) is 6.84. The van der Waals surface area contributed by atoms with Crippen LogP contribution in [0.15, 0.2) is 17.8 Å². The van der Waals surface area contributed by atoms with E-state index in [0.29, 0.717) is 11.6 Å². The minimum absolute atomic E-state index is 0.297. The Labute approximate surface area is 124 Å². The van der Waals surface area contributed by atoms with Gasteiger partial charge in [0, 0.05) is 7.05 Å². The van der Waals surface area contributed by atoms with Crippen molar-refractivity contribution >= 4 is 18.0 Å². The van der Waals surface area contributed by atoms with E-state index in [4.69, 9.17) is 4.74 Å². The lowest BCUT2D eigenvalue weighted by molar-refractivity contribution is -0.121. The van der Waals surface area contributed by atoms with E-state index in [1.807, 2.05) is 19.1 Å². The van der Waals surface area contributed by atoms with Gasteiger partial charge < -0.3 is 10.1 Å². The first kappa shape index (κ1) is 15.1. The molecule has 0 atom stereocenters. The number of ether oxygens (including phenoxy) is 1. The first-order valence-electron chi connectivity index (χ1n) is 6.84. The Balaban J connectivity index is 2.48. The van der Waals surface area contributed by atoms with Crippen LogP contribution in [0.5, 0.6) is 5.75 Å². The highest BCUT2D eigenvalue weighted by Crippen LogP contribution is 2.30. The van der Waals surface area contributed by atoms with Gasteiger partial charge in [0.25, 0.3) is 5.91 Å². The summed E-state index contributed by atoms with van der Waals surface area (Å²) in [5, 5.41) is 2.57. The molecule has 0 aliphatic carbocycles. The van der Waals surface area contributed by atoms with Gasteiger partial charge in [-0.3, -0.25) is 9.69 Å². The van der Waals surface area contributed by atoms with E-state index in [0.717, 1.165) is 27.3 Å². The normalized spacial score (nSPS) is 16.9. The molecule has 0 unspecified atom stereocenters. The minimum Gasteiger partial charge on any atom is -0.496 e. The number of likely N-dealkylation sites (N-methyl/N-ethyl adjacent to an activating group) is 1. The summed E-state index contributed by atoms with van der Waals surface area (Å²) in [7, 11) is 3.10. The Hall–Kier alpha value is -2.30. The smallest absolute Gasteiger partial charge is 0.328 e. The number of aryl methyl sites for hydroxylation is 1. The largest absolute Gasteiger partial charge is 0.496 e. The maximum Gasteiger partial charge on any atom is 0.328 e. The van der Waals surface area contributed by atoms with Crippen LogP contribution >= 0.6 is 0 Å². The molecule has 112 valence electrons. The summed E-state index contributed by atoms with van der Waals surface area (Å²) in [6.45, 7) is 6.12. The van der Waals surface area contributed by atoms with Gasteiger partial charge in [-0.2, -0.15) is 0 Å². The number of rotatable bonds is 3. The van der Waals surface area contributed by atoms with E-state index in [2.05, 4.69) is 19.2 Å². The zero-order valence-corrected chi connectivity index (χ0v) is 13.0. The standard InChI is InChI=1S/C16H20N2O3/c1-9(2)12-7-11(10(3)6-14(12)21-5)8-13-15(19)18(4)16(20)17-13/h6-9H,1-5H3,(H,17,20)/b13-8+. The molecular formula is C16H20N2O3. The molecule has 0 spiro atoms. The van der Waals surface area contributed by atoms with Gasteiger partial charge in [0.2, 0.25) is 0 Å². The summed E-state index contributed by atoms with van der Waals surface area (Å²) in [5.74, 6) is 0.819. The zero-order chi connectivity index (χ0) is 15.7. The van der Waals surface area contributed by atoms with Crippen LogP contribution in [0, 0.1) is 6.92 Å². The van der Waals surface area contributed by atoms with Crippen LogP contribution in [-0.4, -0.2) is 31.0 Å². The van der Waals surface area contributed by atoms with E-state index in [1.54, 1.807) is 13.2 Å². The highest BCUT2D eigenvalue weighted by Gasteiger charge is 2.30. The van der Waals surface area contributed by atoms with Gasteiger partial charge in [-0.1, -0.05) is 13.8 Å². The van der Waals surface area contributed by atoms with Gasteiger partial charge in [-0.05, 0) is 47.7 Å². The lowest BCUT2D eigenvalue weighted by Gasteiger charge is -2.15. The molecule has 1 heterocycles. The predicted molar refractivity (Wildman–Crippen MR) is 81.1 cm³/mol. The number of hydrogen-bond donors (Lipinski definition) is 1. The molecule has 5 nitrogen and oxygen atoms in total. The number of imide groups is 1. The third-order valence-electron chi connectivity index (χ3n) is 3.62. The molecule has 0 bridgehead atoms. The number of methoxy groups -OCH3 is 1. The second-order valence-electron chi connectivity index (χ2n) is 5.46. The van der Waals surface area contributed by atoms with Gasteiger partial charge in [-0.25, -0.2) is 4.79 Å². The van der Waals surface area contributed by atoms with Crippen LogP contribution in [0.2, 0.25) is 0 Å². The van der Waals surface area contributed by atoms with Gasteiger partial charge in [-0.15, -0.1) is 0 Å². The Bertz CT molecular complexity index is 633. The monoisotopic (exact) mass is 288 g/mol. The summed E-state index contributed by atoms with van der Waals surface area (Å²) in [6.07, 6.45) is 1.71. The zero-order valence-electron chi connectivity index (χ0n) is 13.0. The van der Waals surface area contributed by atoms with Gasteiger partial charge >= 0.3 is 6.03 Å². The molecule has 1 aliphatic heterocycles. The molecule has 0 aromatic heterocycles. The van der Waals surface area contributed by atoms with Crippen molar-refractivity contribution in [2.45, 2.75) is 26.7 Å². The summed E-state index contributed by atoms with van der Waals surface area (Å²) in [6, 6.07) is 3.55. The van der Waals surface area contributed by atoms with Crippen molar-refractivity contribution in [2.24, 2.45) is 0 Å². The molecular weight excluding hydrogens is 268 g/mol. The number of urea groups is 1. The number of hydrogen-bond acceptors (Lipinski definition) is 3. The maximum absolute atomic E-state index is 11.9. The van der Waals surface area contributed by atoms with E-state index in [-0.39, 0.29) is 5.91 Å². The van der Waals surface area contributed by atoms with Gasteiger partial charge in [0.1, 0.15) is 11.4 Å². The molecule has 0 radical (unpaired) electrons. The van der Waals surface area contributed by atoms with Crippen molar-refractivity contribution in [1.82, 2.24) is 10.2 Å². The second-order valence-corrected chi connectivity index (χ2v) is 5.46. The van der Waals surface area contributed by atoms with Crippen LogP contribution in [-0.2, 0) is 4.79 Å². The third kappa shape index (κ3) is 2.77. The number of benzene rings is 1. The quantitative estimate of drug-likeness (QED) is 0.687. The van der Waals surface area contributed by atoms with E-state index < -0.39 is 6.03 Å². The minimum atomic E-state index is -0.401. The average molecular weight is 288 g/mol. The fourth-order valence-electron chi connectivity index (χ4n) is 2.28. The van der Waals surface area contributed by atoms with E-state index >= 15 is 0 Å². The summed E-state index contributed by atoms with van der Waals surface area (Å²) >= 11 is 0. The number of amides is 3. The number of nitrogens with one attached hydrogen (secondary N) is 1. The summed E-state index contributed by atoms with van der Waals surface area (Å²) in [5.41, 5.74) is 3.25. The van der Waals surface area contributed by atoms with Crippen molar-refractivity contribution in [2.75, 3.05) is 14.2 Å². The van der Waals surface area contributed by atoms with Crippen LogP contribution in [0.4, 0.5) is 4.79 Å². The SMILES string of the molecule is COc1cc(C)c(/C=C2/NC(=O)N(C)C2=O)cc1C(C)C. The molecule has 5 heteroatoms. The van der Waals surface area contributed by atoms with Crippen molar-refractivity contribution in [3.63, 3.8) is 0 Å². The number of carbonyl (C=O) groups excluding carboxylic acids is 2. The van der Waals surface area contributed by atoms with Crippen LogP contribution < -0.4 is 10.1 Å². The Morgan fingerprint density at radius 1 is 1.29 bits per heavy atom. The molecule has 1 fully saturated rings. The van der Waals surface area contributed by atoms with E-state index in [1.165, 1.54) is 7.05 Å². The fraction of sp³-hybridized carbons (Fsp3) is 0.375. The van der Waals surface area contributed by atoms with E-state index in [9.17, 15) is 9.59 Å². The Kier molecular flexibility index (Phi) is 4.02. The third-order valence-corrected chi connectivity index (χ3v) is 3.62. The number of nitrogens with zero attached hydrogens (tertiary/aromatic N) is 1. The maximum atomic E-state index is 11.9. The van der Waals surface area contributed by atoms with Crippen LogP contribution in [0.25, 0.3) is 6.08 Å². The molecule has 3 amide bonds. The topological polar surface area (TPSA) is 58.6 Å². The van der Waals surface area contributed by atoms with Crippen molar-refractivity contribution < 1.29 is 14.3 Å². The van der Waals surface area contributed by atoms with Crippen LogP contribution in [0.3, 0.4) is 0 Å². The van der Waals surface area contributed by atoms with Crippen molar-refractivity contribution in [3.8, 4) is 5.75 Å². The molecule has 0 saturated carbocycles. The highest BCUT2D eigenvalue weighted by molar-refractivity contribution is 6.13. The Morgan fingerprint density at radius 3 is 2.43 bits per heavy atom. The van der Waals surface area contributed by atoms with Crippen molar-refractivity contribution in [3.05, 3.63) is 34.5 Å². The molecule has 2 rings (SSSR count). The molecule has 1 saturated heterocycles. The fourth-order valence-corrected chi connectivity index (χ4v) is 2.28. The van der Waals surface area contributed by atoms with Crippen LogP contribution in [0.1, 0.15) is 36.5 Å². The molecule has 1 aromatic rings. The Morgan fingerprint density at radius 2 is 1.95 bits per heavy atom. The molecule has 21 heavy (non-hydrogen) atoms. The van der Waals surface area contributed by atoms with Crippen molar-refractivity contribution in [1.29, 1.82) is 0 Å². The lowest BCUT2D eigenvalue weighted by Crippen LogP contribution is -2.25. The highest BCUT2D eigenvalue weighted by atomic mass is 16.5.